The van der Waals surface area contributed by atoms with Crippen LogP contribution in [-0.4, -0.2) is 42.5 Å². The van der Waals surface area contributed by atoms with Gasteiger partial charge < -0.3 is 14.4 Å². The lowest BCUT2D eigenvalue weighted by Crippen LogP contribution is -2.54. The molecule has 3 aliphatic rings. The Labute approximate surface area is 331 Å². The second-order valence-electron chi connectivity index (χ2n) is 13.9. The van der Waals surface area contributed by atoms with Crippen LogP contribution in [0.3, 0.4) is 0 Å². The molecule has 4 amide bonds. The Morgan fingerprint density at radius 3 is 2.09 bits per heavy atom. The second kappa shape index (κ2) is 15.5. The number of nitrogens with zero attached hydrogens (tertiary/aromatic N) is 3. The Hall–Kier alpha value is -6.27. The van der Waals surface area contributed by atoms with Gasteiger partial charge in [-0.05, 0) is 99.4 Å². The Kier molecular flexibility index (Phi) is 10.1. The van der Waals surface area contributed by atoms with Crippen LogP contribution in [0.1, 0.15) is 65.0 Å². The summed E-state index contributed by atoms with van der Waals surface area (Å²) in [6.45, 7) is 3.90. The number of halogens is 1. The van der Waals surface area contributed by atoms with E-state index in [4.69, 9.17) is 9.47 Å². The first-order valence-corrected chi connectivity index (χ1v) is 19.3. The number of ether oxygens (including phenoxy) is 2. The fraction of sp³-hybridized carbons (Fsp3) is 0.205. The van der Waals surface area contributed by atoms with Crippen molar-refractivity contribution in [3.8, 4) is 11.5 Å². The zero-order valence-corrected chi connectivity index (χ0v) is 32.0. The molecule has 0 bridgehead atoms. The van der Waals surface area contributed by atoms with Gasteiger partial charge in [0, 0.05) is 42.7 Å². The number of nitro benzene ring substituents is 1. The summed E-state index contributed by atoms with van der Waals surface area (Å²) in [6.07, 6.45) is 3.18. The molecule has 56 heavy (non-hydrogen) atoms. The van der Waals surface area contributed by atoms with E-state index in [2.05, 4.69) is 50.4 Å². The Balaban J connectivity index is 1.17. The van der Waals surface area contributed by atoms with Gasteiger partial charge in [-0.15, -0.1) is 0 Å². The van der Waals surface area contributed by atoms with Crippen LogP contribution in [0.5, 0.6) is 11.5 Å². The van der Waals surface area contributed by atoms with Crippen molar-refractivity contribution in [2.45, 2.75) is 38.2 Å². The quantitative estimate of drug-likeness (QED) is 0.0641. The Morgan fingerprint density at radius 1 is 0.839 bits per heavy atom. The van der Waals surface area contributed by atoms with Crippen molar-refractivity contribution in [3.63, 3.8) is 0 Å². The van der Waals surface area contributed by atoms with Crippen LogP contribution in [0, 0.1) is 10.1 Å². The molecule has 1 fully saturated rings. The van der Waals surface area contributed by atoms with Crippen molar-refractivity contribution >= 4 is 56.9 Å². The highest BCUT2D eigenvalue weighted by Gasteiger charge is 2.40. The van der Waals surface area contributed by atoms with Crippen LogP contribution < -0.4 is 24.6 Å². The molecule has 5 aromatic rings. The summed E-state index contributed by atoms with van der Waals surface area (Å²) in [6, 6.07) is 33.1. The second-order valence-corrected chi connectivity index (χ2v) is 14.8. The average Bonchev–Trinajstić information content (AvgIpc) is 3.20. The van der Waals surface area contributed by atoms with Crippen LogP contribution in [0.2, 0.25) is 0 Å². The number of hydrogen-bond donors (Lipinski definition) is 1. The van der Waals surface area contributed by atoms with E-state index in [-0.39, 0.29) is 36.3 Å². The number of anilines is 2. The molecule has 2 atom stereocenters. The number of hydrogen-bond acceptors (Lipinski definition) is 8. The van der Waals surface area contributed by atoms with Gasteiger partial charge in [0.05, 0.1) is 21.7 Å². The number of barbiturate groups is 1. The minimum atomic E-state index is -0.818. The number of amides is 4. The minimum absolute atomic E-state index is 0.0234. The summed E-state index contributed by atoms with van der Waals surface area (Å²) in [5.41, 5.74) is 6.70. The highest BCUT2D eigenvalue weighted by molar-refractivity contribution is 9.10. The van der Waals surface area contributed by atoms with Gasteiger partial charge in [0.25, 0.3) is 17.5 Å². The van der Waals surface area contributed by atoms with Crippen molar-refractivity contribution in [2.75, 3.05) is 29.5 Å². The van der Waals surface area contributed by atoms with Gasteiger partial charge in [-0.25, -0.2) is 9.69 Å². The van der Waals surface area contributed by atoms with E-state index in [1.807, 2.05) is 48.5 Å². The Morgan fingerprint density at radius 2 is 1.48 bits per heavy atom. The van der Waals surface area contributed by atoms with Gasteiger partial charge in [0.2, 0.25) is 0 Å². The van der Waals surface area contributed by atoms with E-state index in [1.165, 1.54) is 18.2 Å². The van der Waals surface area contributed by atoms with Crippen LogP contribution in [0.25, 0.3) is 6.08 Å². The monoisotopic (exact) mass is 812 g/mol. The van der Waals surface area contributed by atoms with Gasteiger partial charge in [-0.2, -0.15) is 0 Å². The predicted octanol–water partition coefficient (Wildman–Crippen LogP) is 8.88. The number of rotatable bonds is 10. The lowest BCUT2D eigenvalue weighted by atomic mass is 9.76. The average molecular weight is 814 g/mol. The fourth-order valence-corrected chi connectivity index (χ4v) is 8.59. The summed E-state index contributed by atoms with van der Waals surface area (Å²) < 4.78 is 12.4. The molecule has 0 aliphatic carbocycles. The lowest BCUT2D eigenvalue weighted by Gasteiger charge is -2.44. The molecule has 1 N–H and O–H groups in total. The summed E-state index contributed by atoms with van der Waals surface area (Å²) >= 11 is 3.55. The van der Waals surface area contributed by atoms with Crippen molar-refractivity contribution in [1.29, 1.82) is 0 Å². The number of non-ortho nitro benzene ring substituents is 1. The molecule has 5 aromatic carbocycles. The summed E-state index contributed by atoms with van der Waals surface area (Å²) in [4.78, 5) is 55.9. The molecule has 1 saturated heterocycles. The van der Waals surface area contributed by atoms with Crippen molar-refractivity contribution < 1.29 is 28.8 Å². The van der Waals surface area contributed by atoms with Gasteiger partial charge in [0.15, 0.2) is 11.5 Å². The molecule has 8 rings (SSSR count). The van der Waals surface area contributed by atoms with E-state index in [1.54, 1.807) is 31.2 Å². The van der Waals surface area contributed by atoms with E-state index < -0.39 is 22.8 Å². The molecule has 0 spiro atoms. The molecular formula is C44H37BrN4O7. The van der Waals surface area contributed by atoms with Crippen molar-refractivity contribution in [2.24, 2.45) is 0 Å². The Bertz CT molecular complexity index is 2330. The fourth-order valence-electron chi connectivity index (χ4n) is 8.02. The van der Waals surface area contributed by atoms with Gasteiger partial charge in [-0.3, -0.25) is 25.0 Å². The maximum Gasteiger partial charge on any atom is 0.335 e. The van der Waals surface area contributed by atoms with Crippen molar-refractivity contribution in [3.05, 3.63) is 163 Å². The third-order valence-corrected chi connectivity index (χ3v) is 11.1. The molecule has 12 heteroatoms. The standard InChI is InChI=1S/C44H37BrN4O7/c1-2-55-39-23-28(22-38(45)41(39)56-26-27-10-9-15-31(20-27)49(53)54)21-37-42(50)46-44(52)48(43(37)51)32-24-35-33(29-11-5-3-6-12-29)16-18-47-19-17-34(36(25-32)40(35)47)30-13-7-4-8-14-30/h3-15,20-25,33-34H,2,16-19,26H2,1H3,(H,46,50,52)/b37-21+/t33-,34-/m0/s1. The van der Waals surface area contributed by atoms with Gasteiger partial charge in [-0.1, -0.05) is 72.8 Å². The molecular weight excluding hydrogens is 776 g/mol. The van der Waals surface area contributed by atoms with Crippen LogP contribution in [0.4, 0.5) is 21.9 Å². The smallest absolute Gasteiger partial charge is 0.335 e. The first kappa shape index (κ1) is 36.7. The lowest BCUT2D eigenvalue weighted by molar-refractivity contribution is -0.384. The minimum Gasteiger partial charge on any atom is -0.490 e. The van der Waals surface area contributed by atoms with E-state index in [9.17, 15) is 24.5 Å². The first-order chi connectivity index (χ1) is 27.2. The largest absolute Gasteiger partial charge is 0.490 e. The number of carbonyl (C=O) groups is 3. The third kappa shape index (κ3) is 7.03. The highest BCUT2D eigenvalue weighted by Crippen LogP contribution is 2.50. The summed E-state index contributed by atoms with van der Waals surface area (Å²) in [5.74, 6) is -0.805. The van der Waals surface area contributed by atoms with Gasteiger partial charge in [0.1, 0.15) is 12.2 Å². The summed E-state index contributed by atoms with van der Waals surface area (Å²) in [7, 11) is 0. The number of benzene rings is 5. The zero-order chi connectivity index (χ0) is 38.9. The highest BCUT2D eigenvalue weighted by atomic mass is 79.9. The normalized spacial score (nSPS) is 18.4. The van der Waals surface area contributed by atoms with E-state index in [0.717, 1.165) is 58.8 Å². The predicted molar refractivity (Wildman–Crippen MR) is 216 cm³/mol. The number of nitro groups is 1. The molecule has 11 nitrogen and oxygen atoms in total. The van der Waals surface area contributed by atoms with E-state index >= 15 is 0 Å². The SMILES string of the molecule is CCOc1cc(/C=C2\C(=O)NC(=O)N(c3cc4c5c(c3)[C@H](c3ccccc3)CCN5CC[C@H]4c3ccccc3)C2=O)cc(Br)c1OCc1cccc([N+](=O)[O-])c1. The molecule has 3 aliphatic heterocycles. The molecule has 0 saturated carbocycles. The zero-order valence-electron chi connectivity index (χ0n) is 30.4. The van der Waals surface area contributed by atoms with Crippen molar-refractivity contribution in [1.82, 2.24) is 5.32 Å². The van der Waals surface area contributed by atoms with Crippen LogP contribution in [-0.2, 0) is 16.2 Å². The first-order valence-electron chi connectivity index (χ1n) is 18.5. The number of urea groups is 1. The third-order valence-electron chi connectivity index (χ3n) is 10.5. The number of nitrogens with one attached hydrogen (secondary N) is 1. The number of carbonyl (C=O) groups excluding carboxylic acids is 3. The molecule has 3 heterocycles. The molecule has 0 unspecified atom stereocenters. The van der Waals surface area contributed by atoms with E-state index in [0.29, 0.717) is 32.8 Å². The number of imide groups is 2. The maximum atomic E-state index is 14.4. The van der Waals surface area contributed by atoms with Crippen LogP contribution >= 0.6 is 15.9 Å². The molecule has 0 aromatic heterocycles. The van der Waals surface area contributed by atoms with Crippen LogP contribution in [0.15, 0.2) is 119 Å². The maximum absolute atomic E-state index is 14.4. The molecule has 0 radical (unpaired) electrons. The molecule has 282 valence electrons. The summed E-state index contributed by atoms with van der Waals surface area (Å²) in [5, 5.41) is 13.7. The topological polar surface area (TPSA) is 131 Å². The van der Waals surface area contributed by atoms with Gasteiger partial charge >= 0.3 is 6.03 Å².